The van der Waals surface area contributed by atoms with Crippen LogP contribution < -0.4 is 10.5 Å². The third-order valence-corrected chi connectivity index (χ3v) is 2.39. The van der Waals surface area contributed by atoms with Gasteiger partial charge in [-0.15, -0.1) is 0 Å². The first kappa shape index (κ1) is 10.8. The molecule has 5 heteroatoms. The molecule has 2 N–H and O–H groups in total. The lowest BCUT2D eigenvalue weighted by molar-refractivity contribution is 0.340. The van der Waals surface area contributed by atoms with E-state index in [1.54, 1.807) is 23.0 Å². The highest BCUT2D eigenvalue weighted by atomic mass is 35.5. The number of aromatic nitrogens is 2. The van der Waals surface area contributed by atoms with Crippen LogP contribution in [0.25, 0.3) is 5.69 Å². The molecule has 0 aliphatic carbocycles. The number of benzene rings is 1. The van der Waals surface area contributed by atoms with Gasteiger partial charge in [0.05, 0.1) is 17.3 Å². The quantitative estimate of drug-likeness (QED) is 0.893. The molecule has 0 unspecified atom stereocenters. The SMILES string of the molecule is CCOc1ccc(-n2ccc(N)n2)c(Cl)c1. The zero-order valence-electron chi connectivity index (χ0n) is 8.85. The molecule has 0 aliphatic heterocycles. The van der Waals surface area contributed by atoms with Crippen molar-refractivity contribution in [2.75, 3.05) is 12.3 Å². The lowest BCUT2D eigenvalue weighted by Gasteiger charge is -2.07. The van der Waals surface area contributed by atoms with Gasteiger partial charge >= 0.3 is 0 Å². The van der Waals surface area contributed by atoms with E-state index in [2.05, 4.69) is 5.10 Å². The fourth-order valence-corrected chi connectivity index (χ4v) is 1.66. The summed E-state index contributed by atoms with van der Waals surface area (Å²) in [6.07, 6.45) is 1.76. The molecule has 16 heavy (non-hydrogen) atoms. The van der Waals surface area contributed by atoms with Crippen LogP contribution in [0.15, 0.2) is 30.5 Å². The number of hydrogen-bond acceptors (Lipinski definition) is 3. The Kier molecular flexibility index (Phi) is 3.01. The smallest absolute Gasteiger partial charge is 0.145 e. The van der Waals surface area contributed by atoms with Crippen LogP contribution in [0.5, 0.6) is 5.75 Å². The standard InChI is InChI=1S/C11H12ClN3O/c1-2-16-8-3-4-10(9(12)7-8)15-6-5-11(13)14-15/h3-7H,2H2,1H3,(H2,13,14). The maximum atomic E-state index is 6.13. The molecule has 84 valence electrons. The van der Waals surface area contributed by atoms with Crippen LogP contribution >= 0.6 is 11.6 Å². The average molecular weight is 238 g/mol. The summed E-state index contributed by atoms with van der Waals surface area (Å²) < 4.78 is 6.98. The Labute approximate surface area is 98.6 Å². The molecule has 0 radical (unpaired) electrons. The molecule has 0 saturated heterocycles. The van der Waals surface area contributed by atoms with E-state index in [0.717, 1.165) is 11.4 Å². The molecule has 0 spiro atoms. The molecule has 0 fully saturated rings. The third kappa shape index (κ3) is 2.12. The first-order valence-corrected chi connectivity index (χ1v) is 5.32. The molecule has 1 heterocycles. The van der Waals surface area contributed by atoms with E-state index in [1.807, 2.05) is 19.1 Å². The zero-order valence-corrected chi connectivity index (χ0v) is 9.61. The number of nitrogens with zero attached hydrogens (tertiary/aromatic N) is 2. The summed E-state index contributed by atoms with van der Waals surface area (Å²) in [6, 6.07) is 7.17. The van der Waals surface area contributed by atoms with Crippen LogP contribution in [0.1, 0.15) is 6.92 Å². The van der Waals surface area contributed by atoms with Gasteiger partial charge in [-0.1, -0.05) is 11.6 Å². The van der Waals surface area contributed by atoms with Crippen molar-refractivity contribution in [3.8, 4) is 11.4 Å². The summed E-state index contributed by atoms with van der Waals surface area (Å²) in [7, 11) is 0. The molecule has 4 nitrogen and oxygen atoms in total. The van der Waals surface area contributed by atoms with E-state index >= 15 is 0 Å². The molecular formula is C11H12ClN3O. The molecule has 2 aromatic rings. The van der Waals surface area contributed by atoms with Gasteiger partial charge in [0.15, 0.2) is 0 Å². The van der Waals surface area contributed by atoms with Gasteiger partial charge in [-0.3, -0.25) is 0 Å². The number of nitrogens with two attached hydrogens (primary N) is 1. The predicted molar refractivity (Wildman–Crippen MR) is 64.2 cm³/mol. The summed E-state index contributed by atoms with van der Waals surface area (Å²) >= 11 is 6.13. The van der Waals surface area contributed by atoms with Crippen LogP contribution in [-0.2, 0) is 0 Å². The van der Waals surface area contributed by atoms with Crippen LogP contribution in [0.2, 0.25) is 5.02 Å². The van der Waals surface area contributed by atoms with Crippen molar-refractivity contribution in [2.45, 2.75) is 6.92 Å². The maximum Gasteiger partial charge on any atom is 0.145 e. The van der Waals surface area contributed by atoms with Crippen molar-refractivity contribution in [2.24, 2.45) is 0 Å². The first-order valence-electron chi connectivity index (χ1n) is 4.94. The Hall–Kier alpha value is -1.68. The average Bonchev–Trinajstić information content (AvgIpc) is 2.65. The van der Waals surface area contributed by atoms with Crippen molar-refractivity contribution in [1.82, 2.24) is 9.78 Å². The van der Waals surface area contributed by atoms with E-state index in [-0.39, 0.29) is 0 Å². The first-order chi connectivity index (χ1) is 7.70. The van der Waals surface area contributed by atoms with E-state index in [1.165, 1.54) is 0 Å². The number of rotatable bonds is 3. The van der Waals surface area contributed by atoms with Crippen LogP contribution in [0.4, 0.5) is 5.82 Å². The van der Waals surface area contributed by atoms with Gasteiger partial charge in [0.1, 0.15) is 11.6 Å². The molecule has 1 aromatic heterocycles. The fourth-order valence-electron chi connectivity index (χ4n) is 1.40. The highest BCUT2D eigenvalue weighted by Gasteiger charge is 2.05. The van der Waals surface area contributed by atoms with Crippen LogP contribution in [0.3, 0.4) is 0 Å². The molecular weight excluding hydrogens is 226 g/mol. The summed E-state index contributed by atoms with van der Waals surface area (Å²) in [5.74, 6) is 1.21. The monoisotopic (exact) mass is 237 g/mol. The lowest BCUT2D eigenvalue weighted by atomic mass is 10.3. The summed E-state index contributed by atoms with van der Waals surface area (Å²) in [4.78, 5) is 0. The van der Waals surface area contributed by atoms with E-state index in [9.17, 15) is 0 Å². The van der Waals surface area contributed by atoms with Gasteiger partial charge in [-0.2, -0.15) is 5.10 Å². The largest absolute Gasteiger partial charge is 0.494 e. The number of ether oxygens (including phenoxy) is 1. The van der Waals surface area contributed by atoms with Crippen molar-refractivity contribution in [3.63, 3.8) is 0 Å². The second-order valence-corrected chi connectivity index (χ2v) is 3.64. The lowest BCUT2D eigenvalue weighted by Crippen LogP contribution is -1.98. The van der Waals surface area contributed by atoms with Crippen LogP contribution in [0, 0.1) is 0 Å². The van der Waals surface area contributed by atoms with E-state index < -0.39 is 0 Å². The molecule has 0 aliphatic rings. The minimum Gasteiger partial charge on any atom is -0.494 e. The summed E-state index contributed by atoms with van der Waals surface area (Å²) in [5, 5.41) is 4.66. The molecule has 0 atom stereocenters. The van der Waals surface area contributed by atoms with Gasteiger partial charge in [-0.25, -0.2) is 4.68 Å². The number of hydrogen-bond donors (Lipinski definition) is 1. The molecule has 0 saturated carbocycles. The molecule has 2 rings (SSSR count). The minimum atomic E-state index is 0.463. The second-order valence-electron chi connectivity index (χ2n) is 3.23. The van der Waals surface area contributed by atoms with Gasteiger partial charge in [0.25, 0.3) is 0 Å². The molecule has 0 amide bonds. The second kappa shape index (κ2) is 4.45. The topological polar surface area (TPSA) is 53.1 Å². The summed E-state index contributed by atoms with van der Waals surface area (Å²) in [6.45, 7) is 2.54. The Balaban J connectivity index is 2.36. The van der Waals surface area contributed by atoms with E-state index in [4.69, 9.17) is 22.1 Å². The van der Waals surface area contributed by atoms with Gasteiger partial charge in [0.2, 0.25) is 0 Å². The highest BCUT2D eigenvalue weighted by Crippen LogP contribution is 2.25. The molecule has 1 aromatic carbocycles. The Morgan fingerprint density at radius 3 is 2.81 bits per heavy atom. The third-order valence-electron chi connectivity index (χ3n) is 2.09. The fraction of sp³-hybridized carbons (Fsp3) is 0.182. The Bertz CT molecular complexity index is 496. The highest BCUT2D eigenvalue weighted by molar-refractivity contribution is 6.32. The van der Waals surface area contributed by atoms with Crippen molar-refractivity contribution >= 4 is 17.4 Å². The Morgan fingerprint density at radius 1 is 1.44 bits per heavy atom. The zero-order chi connectivity index (χ0) is 11.5. The molecule has 0 bridgehead atoms. The van der Waals surface area contributed by atoms with Crippen molar-refractivity contribution < 1.29 is 4.74 Å². The number of anilines is 1. The maximum absolute atomic E-state index is 6.13. The van der Waals surface area contributed by atoms with Crippen molar-refractivity contribution in [3.05, 3.63) is 35.5 Å². The Morgan fingerprint density at radius 2 is 2.25 bits per heavy atom. The summed E-state index contributed by atoms with van der Waals surface area (Å²) in [5.41, 5.74) is 6.32. The van der Waals surface area contributed by atoms with Crippen molar-refractivity contribution in [1.29, 1.82) is 0 Å². The predicted octanol–water partition coefficient (Wildman–Crippen LogP) is 2.51. The van der Waals surface area contributed by atoms with Gasteiger partial charge in [0, 0.05) is 18.3 Å². The van der Waals surface area contributed by atoms with Gasteiger partial charge in [-0.05, 0) is 19.1 Å². The number of nitrogen functional groups attached to an aromatic ring is 1. The van der Waals surface area contributed by atoms with E-state index in [0.29, 0.717) is 17.4 Å². The van der Waals surface area contributed by atoms with Gasteiger partial charge < -0.3 is 10.5 Å². The minimum absolute atomic E-state index is 0.463. The van der Waals surface area contributed by atoms with Crippen LogP contribution in [-0.4, -0.2) is 16.4 Å². The number of halogens is 1. The normalized spacial score (nSPS) is 10.4.